The van der Waals surface area contributed by atoms with Crippen molar-refractivity contribution in [3.8, 4) is 0 Å². The number of nitrogens with zero attached hydrogens (tertiary/aromatic N) is 7. The van der Waals surface area contributed by atoms with Crippen LogP contribution in [0.1, 0.15) is 29.4 Å². The average Bonchev–Trinajstić information content (AvgIpc) is 3.40. The molecule has 2 aromatic rings. The highest BCUT2D eigenvalue weighted by Crippen LogP contribution is 2.26. The molecule has 146 valence electrons. The Morgan fingerprint density at radius 1 is 1.26 bits per heavy atom. The number of aromatic amines is 1. The Morgan fingerprint density at radius 3 is 2.67 bits per heavy atom. The fourth-order valence-electron chi connectivity index (χ4n) is 3.94. The first-order valence-electron chi connectivity index (χ1n) is 9.32. The lowest BCUT2D eigenvalue weighted by Gasteiger charge is -2.36. The Kier molecular flexibility index (Phi) is 5.05. The van der Waals surface area contributed by atoms with Crippen molar-refractivity contribution in [1.29, 1.82) is 0 Å². The van der Waals surface area contributed by atoms with Gasteiger partial charge in [-0.25, -0.2) is 9.78 Å². The Morgan fingerprint density at radius 2 is 2.04 bits per heavy atom. The standard InChI is InChI=1S/C17H25ClN8O/c1-12-14(15(18)23(2)22-12)10-24-5-7-25(8-6-24)17(27)26-4-3-13(9-26)16-19-11-20-21-16/h11,13H,3-10H2,1-2H3,(H,19,20,21)/t13-/m0/s1. The highest BCUT2D eigenvalue weighted by Gasteiger charge is 2.33. The lowest BCUT2D eigenvalue weighted by Crippen LogP contribution is -2.52. The van der Waals surface area contributed by atoms with Gasteiger partial charge in [0.15, 0.2) is 0 Å². The minimum atomic E-state index is 0.132. The summed E-state index contributed by atoms with van der Waals surface area (Å²) in [5.41, 5.74) is 2.05. The average molecular weight is 393 g/mol. The number of hydrogen-bond acceptors (Lipinski definition) is 5. The molecule has 0 unspecified atom stereocenters. The van der Waals surface area contributed by atoms with Gasteiger partial charge in [0.2, 0.25) is 0 Å². The van der Waals surface area contributed by atoms with Crippen LogP contribution in [0.15, 0.2) is 6.33 Å². The number of hydrogen-bond donors (Lipinski definition) is 1. The first-order chi connectivity index (χ1) is 13.0. The summed E-state index contributed by atoms with van der Waals surface area (Å²) in [6, 6.07) is 0.132. The fourth-order valence-corrected chi connectivity index (χ4v) is 4.18. The van der Waals surface area contributed by atoms with Gasteiger partial charge in [0.25, 0.3) is 0 Å². The van der Waals surface area contributed by atoms with Gasteiger partial charge in [-0.15, -0.1) is 0 Å². The van der Waals surface area contributed by atoms with Crippen LogP contribution in [0.4, 0.5) is 4.79 Å². The third-order valence-corrected chi connectivity index (χ3v) is 6.05. The first kappa shape index (κ1) is 18.2. The molecular formula is C17H25ClN8O. The topological polar surface area (TPSA) is 86.2 Å². The van der Waals surface area contributed by atoms with Crippen molar-refractivity contribution in [1.82, 2.24) is 39.7 Å². The van der Waals surface area contributed by atoms with Crippen molar-refractivity contribution >= 4 is 17.6 Å². The van der Waals surface area contributed by atoms with Gasteiger partial charge in [-0.1, -0.05) is 11.6 Å². The molecule has 1 atom stereocenters. The quantitative estimate of drug-likeness (QED) is 0.848. The summed E-state index contributed by atoms with van der Waals surface area (Å²) < 4.78 is 1.71. The molecule has 4 rings (SSSR count). The van der Waals surface area contributed by atoms with Crippen LogP contribution >= 0.6 is 11.6 Å². The maximum Gasteiger partial charge on any atom is 0.320 e. The van der Waals surface area contributed by atoms with Gasteiger partial charge in [0, 0.05) is 64.3 Å². The van der Waals surface area contributed by atoms with Crippen LogP contribution in [0, 0.1) is 6.92 Å². The molecule has 4 heterocycles. The lowest BCUT2D eigenvalue weighted by atomic mass is 10.1. The Bertz CT molecular complexity index is 796. The van der Waals surface area contributed by atoms with E-state index in [9.17, 15) is 4.79 Å². The Hall–Kier alpha value is -2.13. The molecule has 10 heteroatoms. The number of piperazine rings is 1. The molecule has 0 bridgehead atoms. The molecule has 2 amide bonds. The van der Waals surface area contributed by atoms with Crippen molar-refractivity contribution in [3.63, 3.8) is 0 Å². The van der Waals surface area contributed by atoms with E-state index >= 15 is 0 Å². The molecule has 2 fully saturated rings. The predicted molar refractivity (Wildman–Crippen MR) is 101 cm³/mol. The molecule has 27 heavy (non-hydrogen) atoms. The number of aryl methyl sites for hydroxylation is 2. The van der Waals surface area contributed by atoms with Crippen molar-refractivity contribution in [2.45, 2.75) is 25.8 Å². The van der Waals surface area contributed by atoms with E-state index in [4.69, 9.17) is 11.6 Å². The van der Waals surface area contributed by atoms with E-state index < -0.39 is 0 Å². The lowest BCUT2D eigenvalue weighted by molar-refractivity contribution is 0.114. The van der Waals surface area contributed by atoms with Gasteiger partial charge in [-0.05, 0) is 13.3 Å². The molecule has 2 aromatic heterocycles. The number of urea groups is 1. The van der Waals surface area contributed by atoms with Gasteiger partial charge in [0.1, 0.15) is 17.3 Å². The highest BCUT2D eigenvalue weighted by molar-refractivity contribution is 6.30. The number of amides is 2. The molecule has 0 aliphatic carbocycles. The zero-order valence-electron chi connectivity index (χ0n) is 15.7. The van der Waals surface area contributed by atoms with E-state index in [1.54, 1.807) is 4.68 Å². The molecule has 1 N–H and O–H groups in total. The van der Waals surface area contributed by atoms with Crippen LogP contribution < -0.4 is 0 Å². The first-order valence-corrected chi connectivity index (χ1v) is 9.70. The van der Waals surface area contributed by atoms with Crippen LogP contribution in [0.2, 0.25) is 5.15 Å². The summed E-state index contributed by atoms with van der Waals surface area (Å²) in [5, 5.41) is 11.9. The second-order valence-electron chi connectivity index (χ2n) is 7.33. The number of nitrogens with one attached hydrogen (secondary N) is 1. The molecule has 0 saturated carbocycles. The summed E-state index contributed by atoms with van der Waals surface area (Å²) in [6.07, 6.45) is 2.45. The number of halogens is 1. The van der Waals surface area contributed by atoms with Crippen molar-refractivity contribution in [2.24, 2.45) is 7.05 Å². The van der Waals surface area contributed by atoms with Gasteiger partial charge in [-0.3, -0.25) is 14.7 Å². The van der Waals surface area contributed by atoms with E-state index in [0.29, 0.717) is 11.7 Å². The number of carbonyl (C=O) groups is 1. The maximum absolute atomic E-state index is 12.8. The fraction of sp³-hybridized carbons (Fsp3) is 0.647. The molecular weight excluding hydrogens is 368 g/mol. The van der Waals surface area contributed by atoms with Crippen LogP contribution in [0.3, 0.4) is 0 Å². The largest absolute Gasteiger partial charge is 0.324 e. The normalized spacial score (nSPS) is 21.2. The minimum Gasteiger partial charge on any atom is -0.324 e. The third-order valence-electron chi connectivity index (χ3n) is 5.57. The molecule has 0 aromatic carbocycles. The van der Waals surface area contributed by atoms with E-state index in [-0.39, 0.29) is 11.9 Å². The van der Waals surface area contributed by atoms with Gasteiger partial charge >= 0.3 is 6.03 Å². The highest BCUT2D eigenvalue weighted by atomic mass is 35.5. The molecule has 0 spiro atoms. The van der Waals surface area contributed by atoms with E-state index in [2.05, 4.69) is 25.2 Å². The number of rotatable bonds is 3. The summed E-state index contributed by atoms with van der Waals surface area (Å²) >= 11 is 6.34. The zero-order valence-corrected chi connectivity index (χ0v) is 16.5. The van der Waals surface area contributed by atoms with Crippen LogP contribution in [-0.4, -0.2) is 85.0 Å². The molecule has 0 radical (unpaired) electrons. The molecule has 2 saturated heterocycles. The van der Waals surface area contributed by atoms with E-state index in [1.165, 1.54) is 6.33 Å². The number of carbonyl (C=O) groups excluding carboxylic acids is 1. The van der Waals surface area contributed by atoms with Crippen LogP contribution in [0.5, 0.6) is 0 Å². The smallest absolute Gasteiger partial charge is 0.320 e. The second-order valence-corrected chi connectivity index (χ2v) is 7.68. The molecule has 2 aliphatic heterocycles. The number of H-pyrrole nitrogens is 1. The molecule has 9 nitrogen and oxygen atoms in total. The van der Waals surface area contributed by atoms with Crippen molar-refractivity contribution in [3.05, 3.63) is 28.6 Å². The second kappa shape index (κ2) is 7.47. The van der Waals surface area contributed by atoms with E-state index in [1.807, 2.05) is 23.8 Å². The predicted octanol–water partition coefficient (Wildman–Crippen LogP) is 1.23. The Balaban J connectivity index is 1.29. The SMILES string of the molecule is Cc1nn(C)c(Cl)c1CN1CCN(C(=O)N2CC[C@H](c3ncn[nH]3)C2)CC1. The molecule has 2 aliphatic rings. The number of aromatic nitrogens is 5. The van der Waals surface area contributed by atoms with Crippen LogP contribution in [-0.2, 0) is 13.6 Å². The van der Waals surface area contributed by atoms with Crippen LogP contribution in [0.25, 0.3) is 0 Å². The summed E-state index contributed by atoms with van der Waals surface area (Å²) in [5.74, 6) is 1.13. The third kappa shape index (κ3) is 3.66. The van der Waals surface area contributed by atoms with E-state index in [0.717, 1.165) is 62.8 Å². The monoisotopic (exact) mass is 392 g/mol. The summed E-state index contributed by atoms with van der Waals surface area (Å²) in [4.78, 5) is 23.3. The van der Waals surface area contributed by atoms with Crippen molar-refractivity contribution in [2.75, 3.05) is 39.3 Å². The summed E-state index contributed by atoms with van der Waals surface area (Å²) in [6.45, 7) is 7.40. The van der Waals surface area contributed by atoms with Gasteiger partial charge in [0.05, 0.1) is 5.69 Å². The maximum atomic E-state index is 12.8. The van der Waals surface area contributed by atoms with Gasteiger partial charge in [-0.2, -0.15) is 10.2 Å². The Labute approximate surface area is 163 Å². The van der Waals surface area contributed by atoms with Gasteiger partial charge < -0.3 is 9.80 Å². The van der Waals surface area contributed by atoms with Crippen molar-refractivity contribution < 1.29 is 4.79 Å². The number of likely N-dealkylation sites (tertiary alicyclic amines) is 1. The minimum absolute atomic E-state index is 0.132. The summed E-state index contributed by atoms with van der Waals surface area (Å²) in [7, 11) is 1.86. The zero-order chi connectivity index (χ0) is 19.0.